The molecule has 2 rings (SSSR count). The molecule has 0 spiro atoms. The molecule has 1 N–H and O–H groups in total. The van der Waals surface area contributed by atoms with Gasteiger partial charge in [0.15, 0.2) is 0 Å². The van der Waals surface area contributed by atoms with Crippen LogP contribution in [0.5, 0.6) is 0 Å². The lowest BCUT2D eigenvalue weighted by molar-refractivity contribution is -0.118. The summed E-state index contributed by atoms with van der Waals surface area (Å²) in [6.45, 7) is 4.10. The van der Waals surface area contributed by atoms with E-state index in [1.807, 2.05) is 41.2 Å². The number of rotatable bonds is 4. The van der Waals surface area contributed by atoms with Crippen LogP contribution in [-0.4, -0.2) is 22.2 Å². The highest BCUT2D eigenvalue weighted by molar-refractivity contribution is 5.73. The summed E-state index contributed by atoms with van der Waals surface area (Å²) in [6.07, 6.45) is 7.61. The minimum atomic E-state index is -0.0275. The molecule has 0 radical (unpaired) electrons. The number of hydrogen-bond acceptors (Lipinski definition) is 2. The van der Waals surface area contributed by atoms with Gasteiger partial charge in [0, 0.05) is 25.2 Å². The SMILES string of the molecule is CC(=O)NCC=Cc1cnn(-c2ccccc2C)c1. The molecule has 0 aliphatic rings. The predicted octanol–water partition coefficient (Wildman–Crippen LogP) is 2.33. The van der Waals surface area contributed by atoms with Gasteiger partial charge < -0.3 is 5.32 Å². The van der Waals surface area contributed by atoms with E-state index in [1.54, 1.807) is 6.20 Å². The van der Waals surface area contributed by atoms with Crippen LogP contribution in [-0.2, 0) is 4.79 Å². The van der Waals surface area contributed by atoms with E-state index in [2.05, 4.69) is 23.4 Å². The third-order valence-corrected chi connectivity index (χ3v) is 2.74. The predicted molar refractivity (Wildman–Crippen MR) is 76.0 cm³/mol. The molecule has 0 saturated carbocycles. The normalized spacial score (nSPS) is 10.8. The van der Waals surface area contributed by atoms with Crippen molar-refractivity contribution in [3.63, 3.8) is 0 Å². The van der Waals surface area contributed by atoms with Crippen LogP contribution < -0.4 is 5.32 Å². The Bertz CT molecular complexity index is 599. The zero-order valence-corrected chi connectivity index (χ0v) is 11.1. The number of para-hydroxylation sites is 1. The molecular formula is C15H17N3O. The quantitative estimate of drug-likeness (QED) is 0.911. The molecule has 98 valence electrons. The highest BCUT2D eigenvalue weighted by Gasteiger charge is 2.01. The van der Waals surface area contributed by atoms with E-state index < -0.39 is 0 Å². The van der Waals surface area contributed by atoms with Gasteiger partial charge in [-0.25, -0.2) is 4.68 Å². The Hall–Kier alpha value is -2.36. The van der Waals surface area contributed by atoms with Crippen LogP contribution in [0.1, 0.15) is 18.1 Å². The number of aryl methyl sites for hydroxylation is 1. The molecule has 2 aromatic rings. The summed E-state index contributed by atoms with van der Waals surface area (Å²) in [5.41, 5.74) is 3.26. The molecule has 4 nitrogen and oxygen atoms in total. The van der Waals surface area contributed by atoms with Crippen LogP contribution >= 0.6 is 0 Å². The molecule has 4 heteroatoms. The molecule has 0 saturated heterocycles. The second kappa shape index (κ2) is 6.00. The number of hydrogen-bond donors (Lipinski definition) is 1. The summed E-state index contributed by atoms with van der Waals surface area (Å²) >= 11 is 0. The number of amides is 1. The minimum absolute atomic E-state index is 0.0275. The van der Waals surface area contributed by atoms with Crippen molar-refractivity contribution in [3.8, 4) is 5.69 Å². The summed E-state index contributed by atoms with van der Waals surface area (Å²) in [5.74, 6) is -0.0275. The zero-order valence-electron chi connectivity index (χ0n) is 11.1. The summed E-state index contributed by atoms with van der Waals surface area (Å²) in [5, 5.41) is 7.05. The van der Waals surface area contributed by atoms with Crippen molar-refractivity contribution in [2.75, 3.05) is 6.54 Å². The van der Waals surface area contributed by atoms with Gasteiger partial charge in [0.05, 0.1) is 11.9 Å². The maximum atomic E-state index is 10.7. The lowest BCUT2D eigenvalue weighted by atomic mass is 10.2. The van der Waals surface area contributed by atoms with Gasteiger partial charge in [-0.3, -0.25) is 4.79 Å². The molecule has 1 amide bonds. The van der Waals surface area contributed by atoms with Gasteiger partial charge in [0.1, 0.15) is 0 Å². The third kappa shape index (κ3) is 3.55. The second-order valence-electron chi connectivity index (χ2n) is 4.34. The lowest BCUT2D eigenvalue weighted by Crippen LogP contribution is -2.19. The number of carbonyl (C=O) groups is 1. The van der Waals surface area contributed by atoms with Gasteiger partial charge in [-0.05, 0) is 18.6 Å². The Labute approximate surface area is 112 Å². The molecule has 1 heterocycles. The minimum Gasteiger partial charge on any atom is -0.353 e. The van der Waals surface area contributed by atoms with Crippen molar-refractivity contribution in [1.82, 2.24) is 15.1 Å². The Balaban J connectivity index is 2.07. The number of nitrogens with one attached hydrogen (secondary N) is 1. The smallest absolute Gasteiger partial charge is 0.217 e. The lowest BCUT2D eigenvalue weighted by Gasteiger charge is -2.03. The average molecular weight is 255 g/mol. The fourth-order valence-electron chi connectivity index (χ4n) is 1.77. The third-order valence-electron chi connectivity index (χ3n) is 2.74. The Morgan fingerprint density at radius 1 is 1.42 bits per heavy atom. The first-order valence-electron chi connectivity index (χ1n) is 6.18. The monoisotopic (exact) mass is 255 g/mol. The summed E-state index contributed by atoms with van der Waals surface area (Å²) in [4.78, 5) is 10.7. The van der Waals surface area contributed by atoms with Crippen molar-refractivity contribution in [2.24, 2.45) is 0 Å². The summed E-state index contributed by atoms with van der Waals surface area (Å²) in [6, 6.07) is 8.10. The van der Waals surface area contributed by atoms with Crippen LogP contribution in [0.15, 0.2) is 42.7 Å². The van der Waals surface area contributed by atoms with Crippen molar-refractivity contribution in [2.45, 2.75) is 13.8 Å². The topological polar surface area (TPSA) is 46.9 Å². The van der Waals surface area contributed by atoms with Gasteiger partial charge in [-0.2, -0.15) is 5.10 Å². The van der Waals surface area contributed by atoms with Gasteiger partial charge in [0.2, 0.25) is 5.91 Å². The highest BCUT2D eigenvalue weighted by Crippen LogP contribution is 2.13. The zero-order chi connectivity index (χ0) is 13.7. The van der Waals surface area contributed by atoms with Gasteiger partial charge >= 0.3 is 0 Å². The van der Waals surface area contributed by atoms with E-state index in [4.69, 9.17) is 0 Å². The summed E-state index contributed by atoms with van der Waals surface area (Å²) in [7, 11) is 0. The van der Waals surface area contributed by atoms with Crippen LogP contribution in [0.4, 0.5) is 0 Å². The van der Waals surface area contributed by atoms with Crippen molar-refractivity contribution in [3.05, 3.63) is 53.9 Å². The van der Waals surface area contributed by atoms with Crippen LogP contribution in [0.2, 0.25) is 0 Å². The first-order chi connectivity index (χ1) is 9.16. The van der Waals surface area contributed by atoms with E-state index in [1.165, 1.54) is 12.5 Å². The van der Waals surface area contributed by atoms with Crippen LogP contribution in [0, 0.1) is 6.92 Å². The van der Waals surface area contributed by atoms with Crippen molar-refractivity contribution >= 4 is 12.0 Å². The largest absolute Gasteiger partial charge is 0.353 e. The van der Waals surface area contributed by atoms with Crippen LogP contribution in [0.3, 0.4) is 0 Å². The first-order valence-corrected chi connectivity index (χ1v) is 6.18. The van der Waals surface area contributed by atoms with Crippen molar-refractivity contribution in [1.29, 1.82) is 0 Å². The van der Waals surface area contributed by atoms with Gasteiger partial charge in [-0.1, -0.05) is 30.4 Å². The number of aromatic nitrogens is 2. The molecule has 0 bridgehead atoms. The second-order valence-corrected chi connectivity index (χ2v) is 4.34. The fourth-order valence-corrected chi connectivity index (χ4v) is 1.77. The Kier molecular flexibility index (Phi) is 4.13. The highest BCUT2D eigenvalue weighted by atomic mass is 16.1. The Morgan fingerprint density at radius 3 is 2.95 bits per heavy atom. The summed E-state index contributed by atoms with van der Waals surface area (Å²) < 4.78 is 1.85. The first kappa shape index (κ1) is 13.1. The molecule has 19 heavy (non-hydrogen) atoms. The van der Waals surface area contributed by atoms with Gasteiger partial charge in [-0.15, -0.1) is 0 Å². The molecular weight excluding hydrogens is 238 g/mol. The van der Waals surface area contributed by atoms with E-state index in [0.29, 0.717) is 6.54 Å². The number of benzene rings is 1. The van der Waals surface area contributed by atoms with E-state index in [0.717, 1.165) is 11.3 Å². The number of nitrogens with zero attached hydrogens (tertiary/aromatic N) is 2. The molecule has 1 aromatic heterocycles. The molecule has 0 fully saturated rings. The molecule has 0 aliphatic carbocycles. The molecule has 1 aromatic carbocycles. The van der Waals surface area contributed by atoms with E-state index >= 15 is 0 Å². The standard InChI is InChI=1S/C15H17N3O/c1-12-6-3-4-8-15(12)18-11-14(10-17-18)7-5-9-16-13(2)19/h3-8,10-11H,9H2,1-2H3,(H,16,19). The number of carbonyl (C=O) groups excluding carboxylic acids is 1. The molecule has 0 atom stereocenters. The Morgan fingerprint density at radius 2 is 2.21 bits per heavy atom. The van der Waals surface area contributed by atoms with Crippen LogP contribution in [0.25, 0.3) is 11.8 Å². The molecule has 0 unspecified atom stereocenters. The van der Waals surface area contributed by atoms with Gasteiger partial charge in [0.25, 0.3) is 0 Å². The van der Waals surface area contributed by atoms with E-state index in [9.17, 15) is 4.79 Å². The molecule has 0 aliphatic heterocycles. The van der Waals surface area contributed by atoms with E-state index in [-0.39, 0.29) is 5.91 Å². The fraction of sp³-hybridized carbons (Fsp3) is 0.200. The average Bonchev–Trinajstić information content (AvgIpc) is 2.83. The maximum Gasteiger partial charge on any atom is 0.217 e. The maximum absolute atomic E-state index is 10.7. The van der Waals surface area contributed by atoms with Crippen molar-refractivity contribution < 1.29 is 4.79 Å².